The highest BCUT2D eigenvalue weighted by atomic mass is 19.1. The van der Waals surface area contributed by atoms with Gasteiger partial charge in [0.1, 0.15) is 5.82 Å². The number of halogens is 1. The molecule has 1 aliphatic heterocycles. The molecule has 1 aromatic carbocycles. The molecule has 80 valence electrons. The fourth-order valence-electron chi connectivity index (χ4n) is 1.88. The van der Waals surface area contributed by atoms with Crippen LogP contribution in [0.2, 0.25) is 0 Å². The molecule has 1 atom stereocenters. The van der Waals surface area contributed by atoms with E-state index in [1.165, 1.54) is 12.1 Å². The maximum absolute atomic E-state index is 13.5. The first kappa shape index (κ1) is 10.0. The Labute approximate surface area is 86.3 Å². The fraction of sp³-hybridized carbons (Fsp3) is 0.400. The van der Waals surface area contributed by atoms with Gasteiger partial charge in [-0.15, -0.1) is 0 Å². The fourth-order valence-corrected chi connectivity index (χ4v) is 1.88. The Morgan fingerprint density at radius 1 is 1.53 bits per heavy atom. The van der Waals surface area contributed by atoms with Crippen molar-refractivity contribution in [2.45, 2.75) is 12.3 Å². The summed E-state index contributed by atoms with van der Waals surface area (Å²) in [4.78, 5) is 9.83. The number of benzene rings is 1. The monoisotopic (exact) mass is 210 g/mol. The van der Waals surface area contributed by atoms with Crippen molar-refractivity contribution in [1.82, 2.24) is 5.32 Å². The summed E-state index contributed by atoms with van der Waals surface area (Å²) in [5.41, 5.74) is 0.382. The average molecular weight is 210 g/mol. The van der Waals surface area contributed by atoms with Crippen molar-refractivity contribution in [3.63, 3.8) is 0 Å². The predicted octanol–water partition coefficient (Wildman–Crippen LogP) is 1.81. The van der Waals surface area contributed by atoms with Crippen molar-refractivity contribution in [3.8, 4) is 0 Å². The summed E-state index contributed by atoms with van der Waals surface area (Å²) in [6, 6.07) is 3.87. The van der Waals surface area contributed by atoms with E-state index in [-0.39, 0.29) is 11.6 Å². The van der Waals surface area contributed by atoms with Gasteiger partial charge in [-0.25, -0.2) is 4.39 Å². The minimum absolute atomic E-state index is 0.144. The number of hydrogen-bond donors (Lipinski definition) is 1. The largest absolute Gasteiger partial charge is 0.316 e. The highest BCUT2D eigenvalue weighted by Crippen LogP contribution is 2.27. The maximum Gasteiger partial charge on any atom is 0.272 e. The van der Waals surface area contributed by atoms with E-state index < -0.39 is 10.7 Å². The molecule has 0 bridgehead atoms. The molecule has 1 fully saturated rings. The van der Waals surface area contributed by atoms with E-state index >= 15 is 0 Å². The molecule has 0 aliphatic carbocycles. The van der Waals surface area contributed by atoms with Crippen LogP contribution in [0.1, 0.15) is 17.9 Å². The molecular formula is C10H11FN2O2. The Balaban J connectivity index is 2.29. The molecule has 5 heteroatoms. The molecule has 4 nitrogen and oxygen atoms in total. The van der Waals surface area contributed by atoms with Gasteiger partial charge in [0, 0.05) is 18.5 Å². The van der Waals surface area contributed by atoms with E-state index in [0.717, 1.165) is 25.6 Å². The Morgan fingerprint density at radius 2 is 2.33 bits per heavy atom. The van der Waals surface area contributed by atoms with Crippen molar-refractivity contribution in [3.05, 3.63) is 39.7 Å². The third-order valence-electron chi connectivity index (χ3n) is 2.69. The average Bonchev–Trinajstić information content (AvgIpc) is 2.70. The molecule has 0 spiro atoms. The number of non-ortho nitro benzene ring substituents is 1. The summed E-state index contributed by atoms with van der Waals surface area (Å²) in [7, 11) is 0. The summed E-state index contributed by atoms with van der Waals surface area (Å²) in [5.74, 6) is -0.330. The number of hydrogen-bond acceptors (Lipinski definition) is 3. The first-order valence-electron chi connectivity index (χ1n) is 4.83. The van der Waals surface area contributed by atoms with Gasteiger partial charge in [0.25, 0.3) is 5.69 Å². The molecule has 1 unspecified atom stereocenters. The van der Waals surface area contributed by atoms with Crippen LogP contribution < -0.4 is 5.32 Å². The lowest BCUT2D eigenvalue weighted by Crippen LogP contribution is -2.09. The first-order chi connectivity index (χ1) is 7.18. The summed E-state index contributed by atoms with van der Waals surface area (Å²) in [6.45, 7) is 1.62. The third-order valence-corrected chi connectivity index (χ3v) is 2.69. The standard InChI is InChI=1S/C10H11FN2O2/c11-10-5-8(13(14)15)1-2-9(10)7-3-4-12-6-7/h1-2,5,7,12H,3-4,6H2. The minimum Gasteiger partial charge on any atom is -0.316 e. The summed E-state index contributed by atoms with van der Waals surface area (Å²) in [6.07, 6.45) is 0.884. The summed E-state index contributed by atoms with van der Waals surface area (Å²) >= 11 is 0. The molecule has 0 radical (unpaired) electrons. The molecule has 1 heterocycles. The quantitative estimate of drug-likeness (QED) is 0.598. The van der Waals surface area contributed by atoms with Gasteiger partial charge in [0.15, 0.2) is 0 Å². The molecule has 1 N–H and O–H groups in total. The van der Waals surface area contributed by atoms with Crippen molar-refractivity contribution < 1.29 is 9.31 Å². The summed E-state index contributed by atoms with van der Waals surface area (Å²) < 4.78 is 13.5. The van der Waals surface area contributed by atoms with Crippen LogP contribution in [0.5, 0.6) is 0 Å². The van der Waals surface area contributed by atoms with Crippen LogP contribution in [0.25, 0.3) is 0 Å². The molecule has 1 aliphatic rings. The van der Waals surface area contributed by atoms with E-state index in [4.69, 9.17) is 0 Å². The van der Waals surface area contributed by atoms with Gasteiger partial charge in [-0.1, -0.05) is 0 Å². The number of nitro benzene ring substituents is 1. The van der Waals surface area contributed by atoms with Gasteiger partial charge < -0.3 is 5.32 Å². The Hall–Kier alpha value is -1.49. The van der Waals surface area contributed by atoms with E-state index in [9.17, 15) is 14.5 Å². The van der Waals surface area contributed by atoms with E-state index in [2.05, 4.69) is 5.32 Å². The van der Waals surface area contributed by atoms with Gasteiger partial charge in [-0.3, -0.25) is 10.1 Å². The summed E-state index contributed by atoms with van der Waals surface area (Å²) in [5, 5.41) is 13.5. The van der Waals surface area contributed by atoms with Crippen LogP contribution in [0.4, 0.5) is 10.1 Å². The van der Waals surface area contributed by atoms with Gasteiger partial charge >= 0.3 is 0 Å². The number of rotatable bonds is 2. The number of nitrogens with one attached hydrogen (secondary N) is 1. The third kappa shape index (κ3) is 1.97. The zero-order chi connectivity index (χ0) is 10.8. The van der Waals surface area contributed by atoms with Gasteiger partial charge in [-0.2, -0.15) is 0 Å². The normalized spacial score (nSPS) is 20.5. The van der Waals surface area contributed by atoms with Crippen LogP contribution in [0, 0.1) is 15.9 Å². The maximum atomic E-state index is 13.5. The zero-order valence-corrected chi connectivity index (χ0v) is 8.07. The Morgan fingerprint density at radius 3 is 2.87 bits per heavy atom. The van der Waals surface area contributed by atoms with Crippen LogP contribution in [0.15, 0.2) is 18.2 Å². The van der Waals surface area contributed by atoms with Crippen LogP contribution in [0.3, 0.4) is 0 Å². The van der Waals surface area contributed by atoms with Crippen LogP contribution in [-0.2, 0) is 0 Å². The van der Waals surface area contributed by atoms with Gasteiger partial charge in [0.05, 0.1) is 11.0 Å². The predicted molar refractivity (Wildman–Crippen MR) is 53.3 cm³/mol. The van der Waals surface area contributed by atoms with Gasteiger partial charge in [0.2, 0.25) is 0 Å². The molecule has 1 saturated heterocycles. The molecule has 0 amide bonds. The number of nitro groups is 1. The lowest BCUT2D eigenvalue weighted by atomic mass is 9.98. The van der Waals surface area contributed by atoms with Gasteiger partial charge in [-0.05, 0) is 24.6 Å². The SMILES string of the molecule is O=[N+]([O-])c1ccc(C2CCNC2)c(F)c1. The smallest absolute Gasteiger partial charge is 0.272 e. The lowest BCUT2D eigenvalue weighted by Gasteiger charge is -2.09. The van der Waals surface area contributed by atoms with E-state index in [1.54, 1.807) is 0 Å². The first-order valence-corrected chi connectivity index (χ1v) is 4.83. The lowest BCUT2D eigenvalue weighted by molar-refractivity contribution is -0.385. The Bertz CT molecular complexity index is 389. The van der Waals surface area contributed by atoms with E-state index in [0.29, 0.717) is 5.56 Å². The highest BCUT2D eigenvalue weighted by Gasteiger charge is 2.21. The van der Waals surface area contributed by atoms with E-state index in [1.807, 2.05) is 0 Å². The molecule has 0 saturated carbocycles. The number of nitrogens with zero attached hydrogens (tertiary/aromatic N) is 1. The van der Waals surface area contributed by atoms with Crippen molar-refractivity contribution in [2.75, 3.05) is 13.1 Å². The second kappa shape index (κ2) is 3.94. The minimum atomic E-state index is -0.584. The molecular weight excluding hydrogens is 199 g/mol. The van der Waals surface area contributed by atoms with Crippen LogP contribution in [-0.4, -0.2) is 18.0 Å². The molecule has 0 aromatic heterocycles. The van der Waals surface area contributed by atoms with Crippen LogP contribution >= 0.6 is 0 Å². The molecule has 1 aromatic rings. The molecule has 15 heavy (non-hydrogen) atoms. The van der Waals surface area contributed by atoms with Crippen molar-refractivity contribution >= 4 is 5.69 Å². The Kier molecular flexibility index (Phi) is 2.64. The zero-order valence-electron chi connectivity index (χ0n) is 8.07. The second-order valence-corrected chi connectivity index (χ2v) is 3.65. The second-order valence-electron chi connectivity index (χ2n) is 3.65. The van der Waals surface area contributed by atoms with Crippen molar-refractivity contribution in [2.24, 2.45) is 0 Å². The molecule has 2 rings (SSSR count). The highest BCUT2D eigenvalue weighted by molar-refractivity contribution is 5.36. The topological polar surface area (TPSA) is 55.2 Å². The van der Waals surface area contributed by atoms with Crippen molar-refractivity contribution in [1.29, 1.82) is 0 Å².